The highest BCUT2D eigenvalue weighted by molar-refractivity contribution is 7.91. The van der Waals surface area contributed by atoms with E-state index in [9.17, 15) is 13.2 Å². The Hall–Kier alpha value is -0.950. The van der Waals surface area contributed by atoms with E-state index in [1.165, 1.54) is 11.3 Å². The molecule has 0 aromatic carbocycles. The first-order chi connectivity index (χ1) is 8.43. The summed E-state index contributed by atoms with van der Waals surface area (Å²) in [6.07, 6.45) is 2.11. The Bertz CT molecular complexity index is 550. The lowest BCUT2D eigenvalue weighted by molar-refractivity contribution is 0.0713. The molecule has 7 heteroatoms. The Morgan fingerprint density at radius 3 is 2.78 bits per heavy atom. The van der Waals surface area contributed by atoms with E-state index in [1.807, 2.05) is 13.8 Å². The van der Waals surface area contributed by atoms with E-state index in [0.29, 0.717) is 17.8 Å². The van der Waals surface area contributed by atoms with Crippen LogP contribution in [0, 0.1) is 6.92 Å². The zero-order valence-corrected chi connectivity index (χ0v) is 12.1. The first-order valence-corrected chi connectivity index (χ1v) is 8.50. The zero-order valence-electron chi connectivity index (χ0n) is 10.4. The topological polar surface area (TPSA) is 67.3 Å². The van der Waals surface area contributed by atoms with Crippen LogP contribution in [-0.2, 0) is 9.84 Å². The van der Waals surface area contributed by atoms with E-state index < -0.39 is 9.84 Å². The van der Waals surface area contributed by atoms with Gasteiger partial charge in [-0.1, -0.05) is 0 Å². The maximum absolute atomic E-state index is 12.3. The third-order valence-corrected chi connectivity index (χ3v) is 5.73. The fourth-order valence-electron chi connectivity index (χ4n) is 2.19. The second kappa shape index (κ2) is 4.97. The van der Waals surface area contributed by atoms with Crippen molar-refractivity contribution < 1.29 is 13.2 Å². The largest absolute Gasteiger partial charge is 0.334 e. The molecule has 1 aromatic rings. The van der Waals surface area contributed by atoms with Crippen LogP contribution in [0.2, 0.25) is 0 Å². The maximum Gasteiger partial charge on any atom is 0.265 e. The normalized spacial score (nSPS) is 22.0. The van der Waals surface area contributed by atoms with E-state index in [0.717, 1.165) is 5.01 Å². The number of hydrogen-bond donors (Lipinski definition) is 0. The highest BCUT2D eigenvalue weighted by Gasteiger charge is 2.34. The minimum absolute atomic E-state index is 0.0877. The number of carbonyl (C=O) groups excluding carboxylic acids is 1. The summed E-state index contributed by atoms with van der Waals surface area (Å²) in [5.74, 6) is 0.165. The predicted molar refractivity (Wildman–Crippen MR) is 70.6 cm³/mol. The average molecular weight is 288 g/mol. The predicted octanol–water partition coefficient (Wildman–Crippen LogP) is 1.10. The van der Waals surface area contributed by atoms with Gasteiger partial charge in [0.2, 0.25) is 0 Å². The summed E-state index contributed by atoms with van der Waals surface area (Å²) in [5, 5.41) is 0.841. The van der Waals surface area contributed by atoms with Crippen LogP contribution >= 0.6 is 11.3 Å². The molecule has 1 atom stereocenters. The molecule has 1 aliphatic rings. The van der Waals surface area contributed by atoms with Gasteiger partial charge < -0.3 is 4.90 Å². The monoisotopic (exact) mass is 288 g/mol. The van der Waals surface area contributed by atoms with Gasteiger partial charge in [-0.15, -0.1) is 11.3 Å². The van der Waals surface area contributed by atoms with Crippen molar-refractivity contribution in [2.45, 2.75) is 26.3 Å². The second-order valence-corrected chi connectivity index (χ2v) is 7.86. The van der Waals surface area contributed by atoms with Crippen LogP contribution in [0.1, 0.15) is 28.0 Å². The molecular formula is C11H16N2O3S2. The van der Waals surface area contributed by atoms with Gasteiger partial charge in [-0.3, -0.25) is 4.79 Å². The van der Waals surface area contributed by atoms with Crippen molar-refractivity contribution in [1.29, 1.82) is 0 Å². The van der Waals surface area contributed by atoms with Gasteiger partial charge in [0.05, 0.1) is 22.7 Å². The van der Waals surface area contributed by atoms with E-state index in [-0.39, 0.29) is 23.5 Å². The summed E-state index contributed by atoms with van der Waals surface area (Å²) in [5.41, 5.74) is 0. The Kier molecular flexibility index (Phi) is 3.72. The Morgan fingerprint density at radius 2 is 2.33 bits per heavy atom. The van der Waals surface area contributed by atoms with Crippen LogP contribution < -0.4 is 0 Å². The molecule has 0 saturated carbocycles. The van der Waals surface area contributed by atoms with Gasteiger partial charge in [0.15, 0.2) is 9.84 Å². The maximum atomic E-state index is 12.3. The molecule has 1 amide bonds. The SMILES string of the molecule is CCN(C(=O)c1cnc(C)s1)C1CCS(=O)(=O)C1. The van der Waals surface area contributed by atoms with Gasteiger partial charge in [-0.05, 0) is 20.3 Å². The number of aryl methyl sites for hydroxylation is 1. The highest BCUT2D eigenvalue weighted by atomic mass is 32.2. The van der Waals surface area contributed by atoms with Gasteiger partial charge >= 0.3 is 0 Å². The first-order valence-electron chi connectivity index (χ1n) is 5.87. The van der Waals surface area contributed by atoms with Crippen LogP contribution in [0.25, 0.3) is 0 Å². The van der Waals surface area contributed by atoms with Crippen LogP contribution in [0.4, 0.5) is 0 Å². The number of hydrogen-bond acceptors (Lipinski definition) is 5. The number of amides is 1. The number of sulfone groups is 1. The lowest BCUT2D eigenvalue weighted by atomic mass is 10.2. The second-order valence-electron chi connectivity index (χ2n) is 4.39. The van der Waals surface area contributed by atoms with Crippen molar-refractivity contribution >= 4 is 27.1 Å². The van der Waals surface area contributed by atoms with Crippen molar-refractivity contribution in [2.75, 3.05) is 18.1 Å². The first kappa shape index (κ1) is 13.5. The molecule has 0 aliphatic carbocycles. The smallest absolute Gasteiger partial charge is 0.265 e. The van der Waals surface area contributed by atoms with E-state index in [1.54, 1.807) is 11.1 Å². The molecule has 0 spiro atoms. The average Bonchev–Trinajstić information content (AvgIpc) is 2.86. The zero-order chi connectivity index (χ0) is 13.3. The summed E-state index contributed by atoms with van der Waals surface area (Å²) in [4.78, 5) is 18.6. The standard InChI is InChI=1S/C11H16N2O3S2/c1-3-13(9-4-5-18(15,16)7-9)11(14)10-6-12-8(2)17-10/h6,9H,3-5,7H2,1-2H3. The van der Waals surface area contributed by atoms with Crippen LogP contribution in [0.3, 0.4) is 0 Å². The number of nitrogens with zero attached hydrogens (tertiary/aromatic N) is 2. The Balaban J connectivity index is 2.17. The fraction of sp³-hybridized carbons (Fsp3) is 0.636. The van der Waals surface area contributed by atoms with E-state index >= 15 is 0 Å². The summed E-state index contributed by atoms with van der Waals surface area (Å²) < 4.78 is 23.0. The van der Waals surface area contributed by atoms with Crippen molar-refractivity contribution in [3.8, 4) is 0 Å². The number of carbonyl (C=O) groups is 1. The Labute approximate surface area is 111 Å². The molecule has 1 aliphatic heterocycles. The molecule has 2 heterocycles. The van der Waals surface area contributed by atoms with Crippen molar-refractivity contribution in [3.63, 3.8) is 0 Å². The molecule has 18 heavy (non-hydrogen) atoms. The minimum atomic E-state index is -2.97. The molecule has 1 saturated heterocycles. The number of thiazole rings is 1. The molecule has 0 N–H and O–H groups in total. The van der Waals surface area contributed by atoms with Gasteiger partial charge in [0, 0.05) is 12.6 Å². The molecule has 1 fully saturated rings. The van der Waals surface area contributed by atoms with Gasteiger partial charge in [0.25, 0.3) is 5.91 Å². The van der Waals surface area contributed by atoms with Crippen LogP contribution in [0.5, 0.6) is 0 Å². The molecule has 0 radical (unpaired) electrons. The lowest BCUT2D eigenvalue weighted by Crippen LogP contribution is -2.40. The number of rotatable bonds is 3. The third kappa shape index (κ3) is 2.72. The van der Waals surface area contributed by atoms with E-state index in [2.05, 4.69) is 4.98 Å². The quantitative estimate of drug-likeness (QED) is 0.835. The Morgan fingerprint density at radius 1 is 1.61 bits per heavy atom. The van der Waals surface area contributed by atoms with Crippen LogP contribution in [-0.4, -0.2) is 48.3 Å². The lowest BCUT2D eigenvalue weighted by Gasteiger charge is -2.26. The summed E-state index contributed by atoms with van der Waals surface area (Å²) in [6, 6.07) is -0.185. The molecule has 1 unspecified atom stereocenters. The van der Waals surface area contributed by atoms with Crippen molar-refractivity contribution in [2.24, 2.45) is 0 Å². The van der Waals surface area contributed by atoms with Crippen molar-refractivity contribution in [1.82, 2.24) is 9.88 Å². The van der Waals surface area contributed by atoms with Crippen LogP contribution in [0.15, 0.2) is 6.20 Å². The molecule has 5 nitrogen and oxygen atoms in total. The van der Waals surface area contributed by atoms with Gasteiger partial charge in [0.1, 0.15) is 4.88 Å². The summed E-state index contributed by atoms with van der Waals surface area (Å²) in [6.45, 7) is 4.24. The number of aromatic nitrogens is 1. The molecular weight excluding hydrogens is 272 g/mol. The summed E-state index contributed by atoms with van der Waals surface area (Å²) >= 11 is 1.35. The van der Waals surface area contributed by atoms with Gasteiger partial charge in [-0.25, -0.2) is 13.4 Å². The molecule has 2 rings (SSSR count). The van der Waals surface area contributed by atoms with E-state index in [4.69, 9.17) is 0 Å². The highest BCUT2D eigenvalue weighted by Crippen LogP contribution is 2.21. The molecule has 1 aromatic heterocycles. The summed E-state index contributed by atoms with van der Waals surface area (Å²) in [7, 11) is -2.97. The minimum Gasteiger partial charge on any atom is -0.334 e. The molecule has 0 bridgehead atoms. The van der Waals surface area contributed by atoms with Gasteiger partial charge in [-0.2, -0.15) is 0 Å². The fourth-order valence-corrected chi connectivity index (χ4v) is 4.65. The third-order valence-electron chi connectivity index (χ3n) is 3.08. The molecule has 100 valence electrons. The van der Waals surface area contributed by atoms with Crippen molar-refractivity contribution in [3.05, 3.63) is 16.1 Å².